The summed E-state index contributed by atoms with van der Waals surface area (Å²) in [5.41, 5.74) is 7.43. The van der Waals surface area contributed by atoms with Gasteiger partial charge in [-0.05, 0) is 18.6 Å². The van der Waals surface area contributed by atoms with Crippen LogP contribution in [-0.4, -0.2) is 11.3 Å². The Morgan fingerprint density at radius 2 is 2.08 bits per heavy atom. The van der Waals surface area contributed by atoms with Crippen molar-refractivity contribution in [2.75, 3.05) is 0 Å². The molecule has 1 heterocycles. The molecule has 1 aromatic rings. The van der Waals surface area contributed by atoms with Gasteiger partial charge in [0.25, 0.3) is 0 Å². The minimum Gasteiger partial charge on any atom is -0.327 e. The molecule has 0 saturated carbocycles. The molecule has 1 aliphatic heterocycles. The van der Waals surface area contributed by atoms with Crippen LogP contribution in [0.25, 0.3) is 0 Å². The highest BCUT2D eigenvalue weighted by Gasteiger charge is 2.31. The van der Waals surface area contributed by atoms with Crippen LogP contribution in [-0.2, 0) is 0 Å². The van der Waals surface area contributed by atoms with Crippen LogP contribution >= 0.6 is 11.8 Å². The fourth-order valence-corrected chi connectivity index (χ4v) is 3.54. The minimum atomic E-state index is 0.256. The van der Waals surface area contributed by atoms with Crippen LogP contribution in [0.5, 0.6) is 0 Å². The van der Waals surface area contributed by atoms with Gasteiger partial charge in [0.2, 0.25) is 0 Å². The van der Waals surface area contributed by atoms with Crippen LogP contribution in [0.15, 0.2) is 29.2 Å². The highest BCUT2D eigenvalue weighted by Crippen LogP contribution is 2.45. The summed E-state index contributed by atoms with van der Waals surface area (Å²) in [6, 6.07) is 8.86. The van der Waals surface area contributed by atoms with E-state index in [9.17, 15) is 0 Å². The van der Waals surface area contributed by atoms with Crippen molar-refractivity contribution in [2.24, 2.45) is 5.73 Å². The third kappa shape index (κ3) is 1.49. The first kappa shape index (κ1) is 9.10. The lowest BCUT2D eigenvalue weighted by Gasteiger charge is -2.19. The molecule has 1 nitrogen and oxygen atoms in total. The topological polar surface area (TPSA) is 26.0 Å². The molecule has 0 fully saturated rings. The second kappa shape index (κ2) is 3.35. The van der Waals surface area contributed by atoms with Crippen molar-refractivity contribution in [2.45, 2.75) is 36.0 Å². The van der Waals surface area contributed by atoms with Crippen molar-refractivity contribution in [3.05, 3.63) is 29.8 Å². The van der Waals surface area contributed by atoms with Crippen LogP contribution in [0, 0.1) is 0 Å². The number of rotatable bonds is 1. The van der Waals surface area contributed by atoms with E-state index in [1.165, 1.54) is 10.5 Å². The molecule has 0 aliphatic carbocycles. The lowest BCUT2D eigenvalue weighted by molar-refractivity contribution is 0.568. The molecule has 0 aromatic heterocycles. The molecule has 0 amide bonds. The number of fused-ring (bicyclic) bond motifs is 1. The Balaban J connectivity index is 2.40. The molecular weight excluding hydrogens is 178 g/mol. The third-order valence-electron chi connectivity index (χ3n) is 2.66. The van der Waals surface area contributed by atoms with E-state index in [0.29, 0.717) is 11.2 Å². The molecule has 1 aromatic carbocycles. The van der Waals surface area contributed by atoms with Crippen molar-refractivity contribution in [3.8, 4) is 0 Å². The zero-order valence-corrected chi connectivity index (χ0v) is 8.84. The first-order valence-electron chi connectivity index (χ1n) is 4.71. The molecule has 2 rings (SSSR count). The zero-order chi connectivity index (χ0) is 9.42. The molecule has 13 heavy (non-hydrogen) atoms. The van der Waals surface area contributed by atoms with Crippen LogP contribution in [0.1, 0.15) is 25.3 Å². The fraction of sp³-hybridized carbons (Fsp3) is 0.455. The van der Waals surface area contributed by atoms with Crippen molar-refractivity contribution in [1.29, 1.82) is 0 Å². The highest BCUT2D eigenvalue weighted by atomic mass is 32.2. The van der Waals surface area contributed by atoms with Gasteiger partial charge >= 0.3 is 0 Å². The number of benzene rings is 1. The van der Waals surface area contributed by atoms with Gasteiger partial charge in [-0.3, -0.25) is 0 Å². The Morgan fingerprint density at radius 1 is 1.38 bits per heavy atom. The largest absolute Gasteiger partial charge is 0.327 e. The van der Waals surface area contributed by atoms with Crippen LogP contribution in [0.2, 0.25) is 0 Å². The number of thioether (sulfide) groups is 1. The van der Waals surface area contributed by atoms with E-state index in [0.717, 1.165) is 0 Å². The van der Waals surface area contributed by atoms with E-state index in [2.05, 4.69) is 38.1 Å². The maximum Gasteiger partial charge on any atom is 0.0150 e. The number of hydrogen-bond donors (Lipinski definition) is 1. The molecule has 3 atom stereocenters. The number of hydrogen-bond acceptors (Lipinski definition) is 2. The summed E-state index contributed by atoms with van der Waals surface area (Å²) in [7, 11) is 0. The summed E-state index contributed by atoms with van der Waals surface area (Å²) in [5, 5.41) is 0.623. The first-order valence-corrected chi connectivity index (χ1v) is 5.59. The van der Waals surface area contributed by atoms with Crippen molar-refractivity contribution < 1.29 is 0 Å². The fourth-order valence-electron chi connectivity index (χ4n) is 2.10. The Morgan fingerprint density at radius 3 is 2.77 bits per heavy atom. The smallest absolute Gasteiger partial charge is 0.0150 e. The molecule has 0 spiro atoms. The SMILES string of the molecule is CC(N)C1c2ccccc2SC1C. The maximum atomic E-state index is 5.99. The molecular formula is C11H15NS. The van der Waals surface area contributed by atoms with Gasteiger partial charge in [-0.15, -0.1) is 11.8 Å². The average molecular weight is 193 g/mol. The molecule has 70 valence electrons. The minimum absolute atomic E-state index is 0.256. The average Bonchev–Trinajstić information content (AvgIpc) is 2.39. The van der Waals surface area contributed by atoms with Gasteiger partial charge in [0.15, 0.2) is 0 Å². The van der Waals surface area contributed by atoms with E-state index in [1.54, 1.807) is 0 Å². The Hall–Kier alpha value is -0.470. The van der Waals surface area contributed by atoms with E-state index in [4.69, 9.17) is 5.73 Å². The summed E-state index contributed by atoms with van der Waals surface area (Å²) in [4.78, 5) is 1.41. The van der Waals surface area contributed by atoms with E-state index < -0.39 is 0 Å². The monoisotopic (exact) mass is 193 g/mol. The molecule has 2 N–H and O–H groups in total. The summed E-state index contributed by atoms with van der Waals surface area (Å²) in [5.74, 6) is 0.529. The van der Waals surface area contributed by atoms with E-state index in [1.807, 2.05) is 11.8 Å². The Labute approximate surface area is 83.7 Å². The predicted molar refractivity (Wildman–Crippen MR) is 58.2 cm³/mol. The van der Waals surface area contributed by atoms with Crippen LogP contribution in [0.4, 0.5) is 0 Å². The van der Waals surface area contributed by atoms with Gasteiger partial charge in [0.05, 0.1) is 0 Å². The lowest BCUT2D eigenvalue weighted by atomic mass is 9.91. The summed E-state index contributed by atoms with van der Waals surface area (Å²) >= 11 is 1.95. The molecule has 0 radical (unpaired) electrons. The van der Waals surface area contributed by atoms with E-state index >= 15 is 0 Å². The Kier molecular flexibility index (Phi) is 2.35. The van der Waals surface area contributed by atoms with E-state index in [-0.39, 0.29) is 6.04 Å². The van der Waals surface area contributed by atoms with Gasteiger partial charge in [-0.1, -0.05) is 25.1 Å². The van der Waals surface area contributed by atoms with Gasteiger partial charge in [-0.25, -0.2) is 0 Å². The normalized spacial score (nSPS) is 28.5. The lowest BCUT2D eigenvalue weighted by Crippen LogP contribution is -2.28. The molecule has 1 aliphatic rings. The first-order chi connectivity index (χ1) is 6.20. The number of nitrogens with two attached hydrogens (primary N) is 1. The molecule has 3 unspecified atom stereocenters. The maximum absolute atomic E-state index is 5.99. The van der Waals surface area contributed by atoms with Gasteiger partial charge in [0.1, 0.15) is 0 Å². The second-order valence-corrected chi connectivity index (χ2v) is 5.16. The van der Waals surface area contributed by atoms with Crippen LogP contribution in [0.3, 0.4) is 0 Å². The van der Waals surface area contributed by atoms with Crippen LogP contribution < -0.4 is 5.73 Å². The summed E-state index contributed by atoms with van der Waals surface area (Å²) in [6.07, 6.45) is 0. The second-order valence-electron chi connectivity index (χ2n) is 3.75. The third-order valence-corrected chi connectivity index (χ3v) is 3.95. The summed E-state index contributed by atoms with van der Waals surface area (Å²) < 4.78 is 0. The predicted octanol–water partition coefficient (Wildman–Crippen LogP) is 2.61. The summed E-state index contributed by atoms with van der Waals surface area (Å²) in [6.45, 7) is 4.36. The van der Waals surface area contributed by atoms with Crippen molar-refractivity contribution >= 4 is 11.8 Å². The Bertz CT molecular complexity index is 309. The van der Waals surface area contributed by atoms with Gasteiger partial charge in [0, 0.05) is 22.1 Å². The van der Waals surface area contributed by atoms with Gasteiger partial charge in [-0.2, -0.15) is 0 Å². The molecule has 2 heteroatoms. The zero-order valence-electron chi connectivity index (χ0n) is 8.03. The van der Waals surface area contributed by atoms with Crippen molar-refractivity contribution in [3.63, 3.8) is 0 Å². The quantitative estimate of drug-likeness (QED) is 0.742. The molecule has 0 bridgehead atoms. The van der Waals surface area contributed by atoms with Gasteiger partial charge < -0.3 is 5.73 Å². The standard InChI is InChI=1S/C11H15NS/c1-7(12)11-8(2)13-10-6-4-3-5-9(10)11/h3-8,11H,12H2,1-2H3. The highest BCUT2D eigenvalue weighted by molar-refractivity contribution is 8.00. The molecule has 0 saturated heterocycles. The van der Waals surface area contributed by atoms with Crippen molar-refractivity contribution in [1.82, 2.24) is 0 Å².